The molecule has 0 aliphatic carbocycles. The molecular formula is C9H10N2O2. The van der Waals surface area contributed by atoms with Gasteiger partial charge in [-0.25, -0.2) is 0 Å². The van der Waals surface area contributed by atoms with Crippen LogP contribution < -0.4 is 5.73 Å². The lowest BCUT2D eigenvalue weighted by molar-refractivity contribution is 0.0189. The molecule has 2 rings (SSSR count). The van der Waals surface area contributed by atoms with E-state index in [1.54, 1.807) is 24.3 Å². The fourth-order valence-electron chi connectivity index (χ4n) is 1.53. The SMILES string of the molecule is NCN1C(=O)c2ccccc2C1O. The van der Waals surface area contributed by atoms with Crippen molar-refractivity contribution in [1.29, 1.82) is 0 Å². The van der Waals surface area contributed by atoms with Gasteiger partial charge in [0.05, 0.1) is 6.67 Å². The number of amides is 1. The van der Waals surface area contributed by atoms with Gasteiger partial charge >= 0.3 is 0 Å². The number of hydrogen-bond acceptors (Lipinski definition) is 3. The molecule has 68 valence electrons. The highest BCUT2D eigenvalue weighted by molar-refractivity contribution is 5.98. The summed E-state index contributed by atoms with van der Waals surface area (Å²) >= 11 is 0. The number of aliphatic hydroxyl groups is 1. The number of aliphatic hydroxyl groups excluding tert-OH is 1. The molecular weight excluding hydrogens is 168 g/mol. The molecule has 1 amide bonds. The Bertz CT molecular complexity index is 351. The lowest BCUT2D eigenvalue weighted by Crippen LogP contribution is -2.33. The number of fused-ring (bicyclic) bond motifs is 1. The third-order valence-corrected chi connectivity index (χ3v) is 2.22. The first-order valence-corrected chi connectivity index (χ1v) is 4.03. The highest BCUT2D eigenvalue weighted by atomic mass is 16.3. The maximum absolute atomic E-state index is 11.5. The topological polar surface area (TPSA) is 66.6 Å². The van der Waals surface area contributed by atoms with Crippen molar-refractivity contribution in [2.45, 2.75) is 6.23 Å². The van der Waals surface area contributed by atoms with Gasteiger partial charge in [0, 0.05) is 11.1 Å². The quantitative estimate of drug-likeness (QED) is 0.638. The molecule has 0 saturated carbocycles. The second kappa shape index (κ2) is 2.83. The van der Waals surface area contributed by atoms with Crippen LogP contribution in [0.3, 0.4) is 0 Å². The van der Waals surface area contributed by atoms with E-state index in [0.29, 0.717) is 11.1 Å². The van der Waals surface area contributed by atoms with Crippen molar-refractivity contribution in [3.8, 4) is 0 Å². The summed E-state index contributed by atoms with van der Waals surface area (Å²) in [5, 5.41) is 9.64. The third-order valence-electron chi connectivity index (χ3n) is 2.22. The molecule has 1 aliphatic rings. The maximum atomic E-state index is 11.5. The minimum absolute atomic E-state index is 0.0364. The van der Waals surface area contributed by atoms with Gasteiger partial charge in [-0.15, -0.1) is 0 Å². The van der Waals surface area contributed by atoms with Crippen molar-refractivity contribution in [2.24, 2.45) is 5.73 Å². The molecule has 1 heterocycles. The first-order chi connectivity index (χ1) is 6.25. The van der Waals surface area contributed by atoms with Gasteiger partial charge in [-0.05, 0) is 6.07 Å². The van der Waals surface area contributed by atoms with E-state index in [-0.39, 0.29) is 12.6 Å². The molecule has 4 nitrogen and oxygen atoms in total. The van der Waals surface area contributed by atoms with Crippen LogP contribution in [0.2, 0.25) is 0 Å². The molecule has 0 fully saturated rings. The van der Waals surface area contributed by atoms with E-state index in [1.165, 1.54) is 4.90 Å². The van der Waals surface area contributed by atoms with E-state index in [9.17, 15) is 9.90 Å². The van der Waals surface area contributed by atoms with E-state index in [2.05, 4.69) is 0 Å². The number of nitrogens with zero attached hydrogens (tertiary/aromatic N) is 1. The van der Waals surface area contributed by atoms with E-state index < -0.39 is 6.23 Å². The summed E-state index contributed by atoms with van der Waals surface area (Å²) in [4.78, 5) is 12.8. The molecule has 0 spiro atoms. The van der Waals surface area contributed by atoms with Crippen LogP contribution in [0.5, 0.6) is 0 Å². The van der Waals surface area contributed by atoms with E-state index in [4.69, 9.17) is 5.73 Å². The van der Waals surface area contributed by atoms with Crippen molar-refractivity contribution in [1.82, 2.24) is 4.90 Å². The Morgan fingerprint density at radius 2 is 2.15 bits per heavy atom. The van der Waals surface area contributed by atoms with E-state index >= 15 is 0 Å². The Balaban J connectivity index is 2.50. The molecule has 1 atom stereocenters. The van der Waals surface area contributed by atoms with Crippen LogP contribution in [0.25, 0.3) is 0 Å². The van der Waals surface area contributed by atoms with Crippen LogP contribution in [0.15, 0.2) is 24.3 Å². The van der Waals surface area contributed by atoms with Crippen molar-refractivity contribution >= 4 is 5.91 Å². The highest BCUT2D eigenvalue weighted by Gasteiger charge is 2.33. The van der Waals surface area contributed by atoms with Gasteiger partial charge in [0.2, 0.25) is 0 Å². The van der Waals surface area contributed by atoms with Crippen LogP contribution in [0, 0.1) is 0 Å². The zero-order chi connectivity index (χ0) is 9.42. The van der Waals surface area contributed by atoms with Crippen LogP contribution in [0.4, 0.5) is 0 Å². The molecule has 1 aromatic rings. The number of nitrogens with two attached hydrogens (primary N) is 1. The van der Waals surface area contributed by atoms with Gasteiger partial charge in [-0.1, -0.05) is 18.2 Å². The Kier molecular flexibility index (Phi) is 1.79. The summed E-state index contributed by atoms with van der Waals surface area (Å²) in [5.41, 5.74) is 6.52. The average Bonchev–Trinajstić information content (AvgIpc) is 2.41. The van der Waals surface area contributed by atoms with Gasteiger partial charge in [-0.3, -0.25) is 9.69 Å². The largest absolute Gasteiger partial charge is 0.369 e. The second-order valence-electron chi connectivity index (χ2n) is 2.92. The minimum Gasteiger partial charge on any atom is -0.369 e. The van der Waals surface area contributed by atoms with E-state index in [0.717, 1.165) is 0 Å². The Morgan fingerprint density at radius 3 is 2.77 bits per heavy atom. The van der Waals surface area contributed by atoms with Crippen LogP contribution >= 0.6 is 0 Å². The number of carbonyl (C=O) groups is 1. The van der Waals surface area contributed by atoms with Crippen molar-refractivity contribution < 1.29 is 9.90 Å². The van der Waals surface area contributed by atoms with Crippen LogP contribution in [0.1, 0.15) is 22.1 Å². The maximum Gasteiger partial charge on any atom is 0.257 e. The van der Waals surface area contributed by atoms with Gasteiger partial charge in [0.1, 0.15) is 0 Å². The number of hydrogen-bond donors (Lipinski definition) is 2. The second-order valence-corrected chi connectivity index (χ2v) is 2.92. The molecule has 0 radical (unpaired) electrons. The summed E-state index contributed by atoms with van der Waals surface area (Å²) < 4.78 is 0. The predicted octanol–water partition coefficient (Wildman–Crippen LogP) is 0.0495. The molecule has 1 unspecified atom stereocenters. The van der Waals surface area contributed by atoms with Gasteiger partial charge < -0.3 is 10.8 Å². The van der Waals surface area contributed by atoms with Crippen LogP contribution in [-0.2, 0) is 0 Å². The Morgan fingerprint density at radius 1 is 1.46 bits per heavy atom. The molecule has 13 heavy (non-hydrogen) atoms. The van der Waals surface area contributed by atoms with Gasteiger partial charge in [0.25, 0.3) is 5.91 Å². The average molecular weight is 178 g/mol. The summed E-state index contributed by atoms with van der Waals surface area (Å²) in [5.74, 6) is -0.203. The van der Waals surface area contributed by atoms with Crippen molar-refractivity contribution in [3.63, 3.8) is 0 Å². The monoisotopic (exact) mass is 178 g/mol. The zero-order valence-electron chi connectivity index (χ0n) is 6.97. The first-order valence-electron chi connectivity index (χ1n) is 4.03. The molecule has 1 aliphatic heterocycles. The first kappa shape index (κ1) is 8.22. The lowest BCUT2D eigenvalue weighted by Gasteiger charge is -2.17. The minimum atomic E-state index is -0.881. The number of benzene rings is 1. The molecule has 0 aromatic heterocycles. The Labute approximate surface area is 75.6 Å². The number of rotatable bonds is 1. The van der Waals surface area contributed by atoms with E-state index in [1.807, 2.05) is 0 Å². The third kappa shape index (κ3) is 1.03. The molecule has 0 saturated heterocycles. The standard InChI is InChI=1S/C9H10N2O2/c10-5-11-8(12)6-3-1-2-4-7(6)9(11)13/h1-4,8,12H,5,10H2. The summed E-state index contributed by atoms with van der Waals surface area (Å²) in [7, 11) is 0. The molecule has 0 bridgehead atoms. The molecule has 3 N–H and O–H groups in total. The smallest absolute Gasteiger partial charge is 0.257 e. The molecule has 4 heteroatoms. The predicted molar refractivity (Wildman–Crippen MR) is 46.6 cm³/mol. The summed E-state index contributed by atoms with van der Waals surface area (Å²) in [6.45, 7) is 0.0364. The summed E-state index contributed by atoms with van der Waals surface area (Å²) in [6.07, 6.45) is -0.881. The highest BCUT2D eigenvalue weighted by Crippen LogP contribution is 2.29. The fourth-order valence-corrected chi connectivity index (χ4v) is 1.53. The lowest BCUT2D eigenvalue weighted by atomic mass is 10.1. The van der Waals surface area contributed by atoms with Crippen LogP contribution in [-0.4, -0.2) is 22.6 Å². The molecule has 1 aromatic carbocycles. The van der Waals surface area contributed by atoms with Crippen molar-refractivity contribution in [2.75, 3.05) is 6.67 Å². The van der Waals surface area contributed by atoms with Gasteiger partial charge in [-0.2, -0.15) is 0 Å². The number of carbonyl (C=O) groups excluding carboxylic acids is 1. The zero-order valence-corrected chi connectivity index (χ0v) is 6.97. The fraction of sp³-hybridized carbons (Fsp3) is 0.222. The normalized spacial score (nSPS) is 20.6. The van der Waals surface area contributed by atoms with Crippen molar-refractivity contribution in [3.05, 3.63) is 35.4 Å². The van der Waals surface area contributed by atoms with Gasteiger partial charge in [0.15, 0.2) is 6.23 Å². The summed E-state index contributed by atoms with van der Waals surface area (Å²) in [6, 6.07) is 6.98. The Hall–Kier alpha value is -1.39.